The van der Waals surface area contributed by atoms with Crippen molar-refractivity contribution in [2.24, 2.45) is 0 Å². The molecule has 6 heteroatoms. The van der Waals surface area contributed by atoms with Crippen LogP contribution in [-0.2, 0) is 25.6 Å². The quantitative estimate of drug-likeness (QED) is 0.539. The van der Waals surface area contributed by atoms with Crippen molar-refractivity contribution in [3.8, 4) is 0 Å². The van der Waals surface area contributed by atoms with E-state index in [2.05, 4.69) is 0 Å². The lowest BCUT2D eigenvalue weighted by molar-refractivity contribution is -0.160. The van der Waals surface area contributed by atoms with E-state index in [4.69, 9.17) is 14.2 Å². The second-order valence-corrected chi connectivity index (χ2v) is 6.45. The van der Waals surface area contributed by atoms with Crippen LogP contribution < -0.4 is 0 Å². The molecular weight excluding hydrogens is 310 g/mol. The second-order valence-electron chi connectivity index (χ2n) is 6.45. The molecule has 0 unspecified atom stereocenters. The van der Waals surface area contributed by atoms with Crippen LogP contribution in [0.15, 0.2) is 30.3 Å². The van der Waals surface area contributed by atoms with Gasteiger partial charge in [0.25, 0.3) is 0 Å². The minimum absolute atomic E-state index is 0.0839. The Morgan fingerprint density at radius 2 is 1.79 bits per heavy atom. The van der Waals surface area contributed by atoms with Crippen molar-refractivity contribution in [1.82, 2.24) is 4.90 Å². The van der Waals surface area contributed by atoms with Crippen molar-refractivity contribution >= 4 is 12.1 Å². The summed E-state index contributed by atoms with van der Waals surface area (Å²) < 4.78 is 15.6. The van der Waals surface area contributed by atoms with Crippen molar-refractivity contribution in [2.75, 3.05) is 26.8 Å². The number of esters is 1. The Labute approximate surface area is 143 Å². The number of benzene rings is 1. The molecule has 0 N–H and O–H groups in total. The van der Waals surface area contributed by atoms with E-state index < -0.39 is 11.6 Å². The molecule has 1 amide bonds. The largest absolute Gasteiger partial charge is 0.458 e. The summed E-state index contributed by atoms with van der Waals surface area (Å²) in [5.74, 6) is -0.391. The lowest BCUT2D eigenvalue weighted by atomic mass is 10.2. The van der Waals surface area contributed by atoms with Crippen molar-refractivity contribution in [3.63, 3.8) is 0 Å². The molecule has 134 valence electrons. The highest BCUT2D eigenvalue weighted by molar-refractivity contribution is 5.71. The minimum atomic E-state index is -0.511. The van der Waals surface area contributed by atoms with Gasteiger partial charge in [-0.1, -0.05) is 30.3 Å². The Balaban J connectivity index is 2.11. The van der Waals surface area contributed by atoms with E-state index in [1.165, 1.54) is 4.90 Å². The summed E-state index contributed by atoms with van der Waals surface area (Å²) >= 11 is 0. The zero-order chi connectivity index (χ0) is 18.0. The molecular formula is C18H27NO5. The molecule has 0 aliphatic carbocycles. The van der Waals surface area contributed by atoms with Crippen molar-refractivity contribution in [1.29, 1.82) is 0 Å². The zero-order valence-electron chi connectivity index (χ0n) is 14.9. The maximum Gasteiger partial charge on any atom is 0.409 e. The maximum absolute atomic E-state index is 11.8. The topological polar surface area (TPSA) is 65.1 Å². The number of rotatable bonds is 8. The van der Waals surface area contributed by atoms with Crippen LogP contribution in [0.1, 0.15) is 32.8 Å². The van der Waals surface area contributed by atoms with Gasteiger partial charge in [-0.15, -0.1) is 0 Å². The van der Waals surface area contributed by atoms with Gasteiger partial charge in [0.2, 0.25) is 0 Å². The third-order valence-corrected chi connectivity index (χ3v) is 2.94. The monoisotopic (exact) mass is 337 g/mol. The first-order valence-electron chi connectivity index (χ1n) is 7.99. The van der Waals surface area contributed by atoms with Crippen LogP contribution in [0, 0.1) is 0 Å². The number of hydrogen-bond acceptors (Lipinski definition) is 5. The van der Waals surface area contributed by atoms with E-state index in [-0.39, 0.29) is 19.3 Å². The number of carbonyl (C=O) groups excluding carboxylic acids is 2. The van der Waals surface area contributed by atoms with Crippen LogP contribution in [0.3, 0.4) is 0 Å². The number of carbonyl (C=O) groups is 2. The molecule has 0 aromatic heterocycles. The van der Waals surface area contributed by atoms with Gasteiger partial charge in [0.05, 0.1) is 0 Å². The molecule has 0 spiro atoms. The first kappa shape index (κ1) is 20.0. The van der Waals surface area contributed by atoms with E-state index in [9.17, 15) is 9.59 Å². The first-order chi connectivity index (χ1) is 11.3. The molecule has 0 bridgehead atoms. The summed E-state index contributed by atoms with van der Waals surface area (Å²) in [4.78, 5) is 24.8. The van der Waals surface area contributed by atoms with E-state index >= 15 is 0 Å². The Kier molecular flexibility index (Phi) is 8.26. The molecule has 0 atom stereocenters. The first-order valence-corrected chi connectivity index (χ1v) is 7.99. The molecule has 1 aromatic rings. The summed E-state index contributed by atoms with van der Waals surface area (Å²) in [6, 6.07) is 9.51. The van der Waals surface area contributed by atoms with E-state index in [0.717, 1.165) is 5.56 Å². The number of hydrogen-bond donors (Lipinski definition) is 0. The number of ether oxygens (including phenoxy) is 3. The standard InChI is InChI=1S/C18H27NO5/c1-18(2,3)24-16(20)14-22-12-8-11-19(4)17(21)23-13-15-9-6-5-7-10-15/h5-7,9-10H,8,11-14H2,1-4H3. The fourth-order valence-corrected chi connectivity index (χ4v) is 1.85. The van der Waals surface area contributed by atoms with Gasteiger partial charge in [0.1, 0.15) is 18.8 Å². The fourth-order valence-electron chi connectivity index (χ4n) is 1.85. The van der Waals surface area contributed by atoms with Crippen molar-refractivity contribution in [3.05, 3.63) is 35.9 Å². The normalized spacial score (nSPS) is 11.0. The Morgan fingerprint density at radius 3 is 2.42 bits per heavy atom. The summed E-state index contributed by atoms with van der Waals surface area (Å²) in [5, 5.41) is 0. The third-order valence-electron chi connectivity index (χ3n) is 2.94. The van der Waals surface area contributed by atoms with Gasteiger partial charge < -0.3 is 19.1 Å². The SMILES string of the molecule is CN(CCCOCC(=O)OC(C)(C)C)C(=O)OCc1ccccc1. The molecule has 0 aliphatic rings. The number of nitrogens with zero attached hydrogens (tertiary/aromatic N) is 1. The molecule has 0 saturated heterocycles. The highest BCUT2D eigenvalue weighted by atomic mass is 16.6. The molecule has 6 nitrogen and oxygen atoms in total. The van der Waals surface area contributed by atoms with Crippen LogP contribution >= 0.6 is 0 Å². The van der Waals surface area contributed by atoms with Crippen LogP contribution in [0.2, 0.25) is 0 Å². The van der Waals surface area contributed by atoms with Crippen LogP contribution in [0.5, 0.6) is 0 Å². The Morgan fingerprint density at radius 1 is 1.12 bits per heavy atom. The zero-order valence-corrected chi connectivity index (χ0v) is 14.9. The smallest absolute Gasteiger partial charge is 0.409 e. The molecule has 0 heterocycles. The predicted octanol–water partition coefficient (Wildman–Crippen LogP) is 3.00. The molecule has 0 radical (unpaired) electrons. The summed E-state index contributed by atoms with van der Waals surface area (Å²) in [7, 11) is 1.67. The average molecular weight is 337 g/mol. The molecule has 0 aliphatic heterocycles. The lowest BCUT2D eigenvalue weighted by Crippen LogP contribution is -2.29. The van der Waals surface area contributed by atoms with Gasteiger partial charge >= 0.3 is 12.1 Å². The van der Waals surface area contributed by atoms with Crippen molar-refractivity contribution < 1.29 is 23.8 Å². The van der Waals surface area contributed by atoms with Crippen LogP contribution in [0.4, 0.5) is 4.79 Å². The maximum atomic E-state index is 11.8. The highest BCUT2D eigenvalue weighted by Gasteiger charge is 2.16. The molecule has 1 aromatic carbocycles. The lowest BCUT2D eigenvalue weighted by Gasteiger charge is -2.19. The fraction of sp³-hybridized carbons (Fsp3) is 0.556. The van der Waals surface area contributed by atoms with E-state index in [0.29, 0.717) is 19.6 Å². The average Bonchev–Trinajstić information content (AvgIpc) is 2.51. The highest BCUT2D eigenvalue weighted by Crippen LogP contribution is 2.07. The third kappa shape index (κ3) is 9.15. The van der Waals surface area contributed by atoms with E-state index in [1.54, 1.807) is 27.8 Å². The Hall–Kier alpha value is -2.08. The molecule has 0 fully saturated rings. The predicted molar refractivity (Wildman–Crippen MR) is 90.5 cm³/mol. The van der Waals surface area contributed by atoms with Gasteiger partial charge in [-0.05, 0) is 32.8 Å². The van der Waals surface area contributed by atoms with Gasteiger partial charge in [0, 0.05) is 20.2 Å². The Bertz CT molecular complexity index is 510. The van der Waals surface area contributed by atoms with Crippen molar-refractivity contribution in [2.45, 2.75) is 39.4 Å². The van der Waals surface area contributed by atoms with Gasteiger partial charge in [-0.2, -0.15) is 0 Å². The van der Waals surface area contributed by atoms with Gasteiger partial charge in [-0.3, -0.25) is 0 Å². The van der Waals surface area contributed by atoms with Gasteiger partial charge in [0.15, 0.2) is 0 Å². The molecule has 24 heavy (non-hydrogen) atoms. The summed E-state index contributed by atoms with van der Waals surface area (Å²) in [6.45, 7) is 6.44. The van der Waals surface area contributed by atoms with Gasteiger partial charge in [-0.25, -0.2) is 9.59 Å². The second kappa shape index (κ2) is 9.93. The van der Waals surface area contributed by atoms with E-state index in [1.807, 2.05) is 30.3 Å². The summed E-state index contributed by atoms with van der Waals surface area (Å²) in [6.07, 6.45) is 0.228. The molecule has 1 rings (SSSR count). The van der Waals surface area contributed by atoms with Crippen LogP contribution in [-0.4, -0.2) is 49.4 Å². The molecule has 0 saturated carbocycles. The number of amides is 1. The summed E-state index contributed by atoms with van der Waals surface area (Å²) in [5.41, 5.74) is 0.434. The minimum Gasteiger partial charge on any atom is -0.458 e. The van der Waals surface area contributed by atoms with Crippen LogP contribution in [0.25, 0.3) is 0 Å².